The van der Waals surface area contributed by atoms with Crippen LogP contribution < -0.4 is 0 Å². The zero-order valence-electron chi connectivity index (χ0n) is 26.1. The van der Waals surface area contributed by atoms with E-state index in [9.17, 15) is 9.59 Å². The van der Waals surface area contributed by atoms with Gasteiger partial charge in [0.25, 0.3) is 0 Å². The molecule has 4 heteroatoms. The molecule has 0 spiro atoms. The lowest BCUT2D eigenvalue weighted by molar-refractivity contribution is 0.111. The smallest absolute Gasteiger partial charge is 0.160 e. The lowest BCUT2D eigenvalue weighted by Gasteiger charge is -2.08. The van der Waals surface area contributed by atoms with Gasteiger partial charge in [-0.15, -0.1) is 22.7 Å². The topological polar surface area (TPSA) is 34.1 Å². The molecule has 0 atom stereocenters. The van der Waals surface area contributed by atoms with Crippen molar-refractivity contribution in [3.63, 3.8) is 0 Å². The normalized spacial score (nSPS) is 11.6. The average Bonchev–Trinajstić information content (AvgIpc) is 3.49. The van der Waals surface area contributed by atoms with E-state index in [2.05, 4.69) is 39.8 Å². The quantitative estimate of drug-likeness (QED) is 0.0908. The highest BCUT2D eigenvalue weighted by Crippen LogP contribution is 2.36. The van der Waals surface area contributed by atoms with Gasteiger partial charge in [0.2, 0.25) is 0 Å². The first-order valence-electron chi connectivity index (χ1n) is 16.5. The number of aldehydes is 2. The molecule has 0 aliphatic carbocycles. The summed E-state index contributed by atoms with van der Waals surface area (Å²) in [6.45, 7) is 9.02. The van der Waals surface area contributed by atoms with Gasteiger partial charge in [-0.05, 0) is 85.8 Å². The molecule has 0 N–H and O–H groups in total. The molecule has 0 saturated carbocycles. The van der Waals surface area contributed by atoms with E-state index in [4.69, 9.17) is 0 Å². The first-order valence-corrected chi connectivity index (χ1v) is 18.2. The van der Waals surface area contributed by atoms with Crippen LogP contribution in [0.15, 0.2) is 0 Å². The summed E-state index contributed by atoms with van der Waals surface area (Å²) in [5, 5.41) is 0. The van der Waals surface area contributed by atoms with Crippen molar-refractivity contribution in [1.29, 1.82) is 0 Å². The van der Waals surface area contributed by atoms with E-state index < -0.39 is 0 Å². The van der Waals surface area contributed by atoms with Gasteiger partial charge in [-0.3, -0.25) is 9.59 Å². The van der Waals surface area contributed by atoms with Crippen molar-refractivity contribution >= 4 is 47.4 Å². The second kappa shape index (κ2) is 21.2. The molecule has 0 amide bonds. The SMILES string of the molecule is CCCCCCc1c(C=O)sc(/C=C/c2sc(C=O)c(CCCCCC)c2CCCCCC)c1CCCCCC. The number of rotatable bonds is 24. The molecular weight excluding hydrogens is 529 g/mol. The van der Waals surface area contributed by atoms with Crippen LogP contribution in [0.3, 0.4) is 0 Å². The predicted octanol–water partition coefficient (Wildman–Crippen LogP) is 12.1. The van der Waals surface area contributed by atoms with Gasteiger partial charge in [-0.25, -0.2) is 0 Å². The molecule has 0 aliphatic heterocycles. The van der Waals surface area contributed by atoms with Crippen molar-refractivity contribution < 1.29 is 9.59 Å². The van der Waals surface area contributed by atoms with Crippen molar-refractivity contribution in [2.75, 3.05) is 0 Å². The van der Waals surface area contributed by atoms with Crippen molar-refractivity contribution in [1.82, 2.24) is 0 Å². The summed E-state index contributed by atoms with van der Waals surface area (Å²) in [6.07, 6.45) is 30.5. The van der Waals surface area contributed by atoms with Gasteiger partial charge >= 0.3 is 0 Å². The van der Waals surface area contributed by atoms with Crippen molar-refractivity contribution in [2.24, 2.45) is 0 Å². The Morgan fingerprint density at radius 3 is 0.925 bits per heavy atom. The Bertz CT molecular complexity index is 930. The van der Waals surface area contributed by atoms with Gasteiger partial charge in [0, 0.05) is 9.75 Å². The van der Waals surface area contributed by atoms with Crippen LogP contribution in [0.4, 0.5) is 0 Å². The molecule has 2 heterocycles. The number of unbranched alkanes of at least 4 members (excludes halogenated alkanes) is 12. The molecular formula is C36H56O2S2. The van der Waals surface area contributed by atoms with E-state index in [1.807, 2.05) is 0 Å². The molecule has 224 valence electrons. The van der Waals surface area contributed by atoms with Gasteiger partial charge in [0.15, 0.2) is 12.6 Å². The summed E-state index contributed by atoms with van der Waals surface area (Å²) in [5.74, 6) is 0. The zero-order valence-corrected chi connectivity index (χ0v) is 27.7. The van der Waals surface area contributed by atoms with Gasteiger partial charge in [0.1, 0.15) is 0 Å². The Hall–Kier alpha value is -1.52. The lowest BCUT2D eigenvalue weighted by atomic mass is 9.96. The summed E-state index contributed by atoms with van der Waals surface area (Å²) in [5.41, 5.74) is 5.44. The highest BCUT2D eigenvalue weighted by atomic mass is 32.1. The van der Waals surface area contributed by atoms with Crippen LogP contribution in [0.1, 0.15) is 182 Å². The summed E-state index contributed by atoms with van der Waals surface area (Å²) >= 11 is 3.36. The maximum Gasteiger partial charge on any atom is 0.160 e. The maximum atomic E-state index is 12.1. The molecule has 0 bridgehead atoms. The van der Waals surface area contributed by atoms with Crippen LogP contribution in [0.25, 0.3) is 12.2 Å². The minimum atomic E-state index is 0.929. The van der Waals surface area contributed by atoms with Crippen LogP contribution in [-0.4, -0.2) is 12.6 Å². The molecule has 0 aliphatic rings. The number of carbonyl (C=O) groups is 2. The Labute approximate surface area is 254 Å². The van der Waals surface area contributed by atoms with Crippen LogP contribution in [-0.2, 0) is 25.7 Å². The van der Waals surface area contributed by atoms with Crippen LogP contribution >= 0.6 is 22.7 Å². The molecule has 0 saturated heterocycles. The third kappa shape index (κ3) is 11.4. The molecule has 2 aromatic heterocycles. The third-order valence-electron chi connectivity index (χ3n) is 8.08. The van der Waals surface area contributed by atoms with Crippen molar-refractivity contribution in [3.8, 4) is 0 Å². The zero-order chi connectivity index (χ0) is 29.0. The Balaban J connectivity index is 2.41. The fourth-order valence-corrected chi connectivity index (χ4v) is 7.94. The van der Waals surface area contributed by atoms with Crippen molar-refractivity contribution in [3.05, 3.63) is 41.8 Å². The minimum absolute atomic E-state index is 0.929. The average molecular weight is 585 g/mol. The number of thiophene rings is 2. The molecule has 40 heavy (non-hydrogen) atoms. The van der Waals surface area contributed by atoms with E-state index in [-0.39, 0.29) is 0 Å². The highest BCUT2D eigenvalue weighted by molar-refractivity contribution is 7.15. The van der Waals surface area contributed by atoms with Gasteiger partial charge in [0.05, 0.1) is 9.75 Å². The third-order valence-corrected chi connectivity index (χ3v) is 10.4. The first kappa shape index (κ1) is 34.7. The first-order chi connectivity index (χ1) is 19.6. The summed E-state index contributed by atoms with van der Waals surface area (Å²) in [4.78, 5) is 28.7. The van der Waals surface area contributed by atoms with E-state index in [1.54, 1.807) is 22.7 Å². The second-order valence-electron chi connectivity index (χ2n) is 11.4. The molecule has 0 fully saturated rings. The monoisotopic (exact) mass is 584 g/mol. The van der Waals surface area contributed by atoms with Crippen LogP contribution in [0.5, 0.6) is 0 Å². The minimum Gasteiger partial charge on any atom is -0.297 e. The highest BCUT2D eigenvalue weighted by Gasteiger charge is 2.18. The molecule has 2 rings (SSSR count). The van der Waals surface area contributed by atoms with E-state index in [1.165, 1.54) is 122 Å². The van der Waals surface area contributed by atoms with E-state index >= 15 is 0 Å². The molecule has 2 aromatic rings. The predicted molar refractivity (Wildman–Crippen MR) is 180 cm³/mol. The summed E-state index contributed by atoms with van der Waals surface area (Å²) in [6, 6.07) is 0. The van der Waals surface area contributed by atoms with E-state index in [0.29, 0.717) is 0 Å². The number of carbonyl (C=O) groups excluding carboxylic acids is 2. The standard InChI is InChI=1S/C36H56O2S2/c1-5-9-13-17-21-29-31(23-19-15-11-7-3)35(27-37)39-33(29)25-26-34-30(22-18-14-10-6-2)32(36(28-38)40-34)24-20-16-12-8-4/h25-28H,5-24H2,1-4H3/b26-25+. The lowest BCUT2D eigenvalue weighted by Crippen LogP contribution is -1.97. The maximum absolute atomic E-state index is 12.1. The van der Waals surface area contributed by atoms with Crippen LogP contribution in [0.2, 0.25) is 0 Å². The molecule has 0 radical (unpaired) electrons. The Morgan fingerprint density at radius 2 is 0.675 bits per heavy atom. The van der Waals surface area contributed by atoms with Gasteiger partial charge in [-0.2, -0.15) is 0 Å². The molecule has 0 unspecified atom stereocenters. The second-order valence-corrected chi connectivity index (χ2v) is 13.6. The van der Waals surface area contributed by atoms with Gasteiger partial charge < -0.3 is 0 Å². The largest absolute Gasteiger partial charge is 0.297 e. The Kier molecular flexibility index (Phi) is 18.4. The summed E-state index contributed by atoms with van der Waals surface area (Å²) < 4.78 is 0. The number of hydrogen-bond acceptors (Lipinski definition) is 4. The van der Waals surface area contributed by atoms with Crippen molar-refractivity contribution in [2.45, 2.75) is 156 Å². The van der Waals surface area contributed by atoms with Crippen LogP contribution in [0, 0.1) is 0 Å². The number of hydrogen-bond donors (Lipinski definition) is 0. The van der Waals surface area contributed by atoms with Gasteiger partial charge in [-0.1, -0.05) is 105 Å². The van der Waals surface area contributed by atoms with E-state index in [0.717, 1.165) is 60.9 Å². The molecule has 0 aromatic carbocycles. The molecule has 2 nitrogen and oxygen atoms in total. The summed E-state index contributed by atoms with van der Waals surface area (Å²) in [7, 11) is 0. The fraction of sp³-hybridized carbons (Fsp3) is 0.667. The Morgan fingerprint density at radius 1 is 0.400 bits per heavy atom. The fourth-order valence-electron chi connectivity index (χ4n) is 5.70.